The summed E-state index contributed by atoms with van der Waals surface area (Å²) >= 11 is 5.11. The lowest BCUT2D eigenvalue weighted by molar-refractivity contribution is 0.234. The highest BCUT2D eigenvalue weighted by Crippen LogP contribution is 1.98. The Kier molecular flexibility index (Phi) is 5.36. The third-order valence-corrected chi connectivity index (χ3v) is 1.13. The third-order valence-electron chi connectivity index (χ3n) is 0.563. The molecule has 0 saturated heterocycles. The Balaban J connectivity index is 3.25. The summed E-state index contributed by atoms with van der Waals surface area (Å²) in [6, 6.07) is 1.88. The number of nitrogens with zero attached hydrogens (tertiary/aromatic N) is 1. The van der Waals surface area contributed by atoms with Gasteiger partial charge in [-0.25, -0.2) is 4.84 Å². The van der Waals surface area contributed by atoms with Gasteiger partial charge in [0.1, 0.15) is 6.23 Å². The molecule has 3 nitrogen and oxygen atoms in total. The predicted molar refractivity (Wildman–Crippen MR) is 33.8 cm³/mol. The van der Waals surface area contributed by atoms with Crippen molar-refractivity contribution in [2.75, 3.05) is 0 Å². The van der Waals surface area contributed by atoms with Crippen LogP contribution in [0.2, 0.25) is 0 Å². The maximum atomic E-state index is 8.06. The summed E-state index contributed by atoms with van der Waals surface area (Å²) in [5.41, 5.74) is 0. The minimum absolute atomic E-state index is 0.243. The lowest BCUT2D eigenvalue weighted by Crippen LogP contribution is -2.19. The Hall–Kier alpha value is 0.130. The van der Waals surface area contributed by atoms with Crippen molar-refractivity contribution < 1.29 is 4.52 Å². The molecular formula is C3H6ClN2OP. The molecule has 2 unspecified atom stereocenters. The number of rotatable bonds is 3. The second-order valence-electron chi connectivity index (χ2n) is 1.10. The average Bonchev–Trinajstić information content (AvgIpc) is 1.83. The number of halogens is 1. The molecular weight excluding hydrogens is 146 g/mol. The molecule has 8 heavy (non-hydrogen) atoms. The van der Waals surface area contributed by atoms with Gasteiger partial charge in [-0.1, -0.05) is 0 Å². The molecule has 0 radical (unpaired) electrons. The molecule has 46 valence electrons. The van der Waals surface area contributed by atoms with E-state index in [1.165, 1.54) is 0 Å². The molecule has 0 saturated carbocycles. The van der Waals surface area contributed by atoms with E-state index in [2.05, 4.69) is 9.36 Å². The van der Waals surface area contributed by atoms with Crippen molar-refractivity contribution in [2.24, 2.45) is 0 Å². The van der Waals surface area contributed by atoms with Crippen LogP contribution in [0.1, 0.15) is 6.42 Å². The van der Waals surface area contributed by atoms with Gasteiger partial charge in [-0.05, 0) is 11.8 Å². The third kappa shape index (κ3) is 3.17. The molecule has 0 fully saturated rings. The van der Waals surface area contributed by atoms with E-state index >= 15 is 0 Å². The van der Waals surface area contributed by atoms with Crippen molar-refractivity contribution in [2.45, 2.75) is 12.6 Å². The molecule has 0 aliphatic heterocycles. The normalized spacial score (nSPS) is 12.6. The van der Waals surface area contributed by atoms with E-state index in [-0.39, 0.29) is 12.6 Å². The fraction of sp³-hybridized carbons (Fsp3) is 0.667. The van der Waals surface area contributed by atoms with Crippen LogP contribution in [0, 0.1) is 11.3 Å². The highest BCUT2D eigenvalue weighted by Gasteiger charge is 2.00. The first-order valence-corrected chi connectivity index (χ1v) is 2.78. The first kappa shape index (κ1) is 8.13. The van der Waals surface area contributed by atoms with Gasteiger partial charge in [0.2, 0.25) is 0 Å². The molecule has 0 aromatic heterocycles. The van der Waals surface area contributed by atoms with Crippen molar-refractivity contribution >= 4 is 21.2 Å². The summed E-state index contributed by atoms with van der Waals surface area (Å²) in [7, 11) is 2.01. The SMILES string of the molecule is N#CCC(NCl)OP. The maximum absolute atomic E-state index is 8.06. The van der Waals surface area contributed by atoms with Crippen molar-refractivity contribution in [3.63, 3.8) is 0 Å². The first-order valence-electron chi connectivity index (χ1n) is 1.93. The minimum atomic E-state index is -0.383. The van der Waals surface area contributed by atoms with Crippen LogP contribution in [0.5, 0.6) is 0 Å². The van der Waals surface area contributed by atoms with Crippen molar-refractivity contribution in [1.29, 1.82) is 5.26 Å². The van der Waals surface area contributed by atoms with E-state index < -0.39 is 0 Å². The Bertz CT molecular complexity index is 89.8. The van der Waals surface area contributed by atoms with Gasteiger partial charge in [-0.2, -0.15) is 5.26 Å². The van der Waals surface area contributed by atoms with Crippen molar-refractivity contribution in [3.8, 4) is 6.07 Å². The number of hydrogen-bond acceptors (Lipinski definition) is 3. The quantitative estimate of drug-likeness (QED) is 0.369. The van der Waals surface area contributed by atoms with Gasteiger partial charge in [0.15, 0.2) is 0 Å². The summed E-state index contributed by atoms with van der Waals surface area (Å²) in [5, 5.41) is 8.06. The molecule has 0 aromatic carbocycles. The van der Waals surface area contributed by atoms with E-state index in [9.17, 15) is 0 Å². The van der Waals surface area contributed by atoms with Gasteiger partial charge in [-0.3, -0.25) is 0 Å². The highest BCUT2D eigenvalue weighted by molar-refractivity contribution is 7.09. The Morgan fingerprint density at radius 2 is 2.62 bits per heavy atom. The fourth-order valence-corrected chi connectivity index (χ4v) is 0.574. The maximum Gasteiger partial charge on any atom is 0.137 e. The number of nitriles is 1. The Morgan fingerprint density at radius 3 is 2.75 bits per heavy atom. The van der Waals surface area contributed by atoms with E-state index in [0.29, 0.717) is 0 Å². The zero-order valence-corrected chi connectivity index (χ0v) is 6.01. The molecule has 0 amide bonds. The van der Waals surface area contributed by atoms with Gasteiger partial charge in [0.05, 0.1) is 12.5 Å². The average molecular weight is 153 g/mol. The van der Waals surface area contributed by atoms with Crippen LogP contribution in [0.15, 0.2) is 0 Å². The van der Waals surface area contributed by atoms with Crippen LogP contribution < -0.4 is 4.84 Å². The van der Waals surface area contributed by atoms with Crippen LogP contribution in [-0.2, 0) is 4.52 Å². The lowest BCUT2D eigenvalue weighted by Gasteiger charge is -2.05. The smallest absolute Gasteiger partial charge is 0.137 e. The van der Waals surface area contributed by atoms with Crippen LogP contribution in [0.4, 0.5) is 0 Å². The van der Waals surface area contributed by atoms with Gasteiger partial charge in [-0.15, -0.1) is 0 Å². The molecule has 0 bridgehead atoms. The monoisotopic (exact) mass is 152 g/mol. The minimum Gasteiger partial charge on any atom is -0.345 e. The van der Waals surface area contributed by atoms with E-state index in [1.807, 2.05) is 15.5 Å². The molecule has 0 rings (SSSR count). The van der Waals surface area contributed by atoms with Gasteiger partial charge in [0, 0.05) is 9.47 Å². The van der Waals surface area contributed by atoms with E-state index in [1.54, 1.807) is 0 Å². The topological polar surface area (TPSA) is 45.0 Å². The van der Waals surface area contributed by atoms with Crippen LogP contribution in [0.3, 0.4) is 0 Å². The summed E-state index contributed by atoms with van der Waals surface area (Å²) in [5.74, 6) is 0. The molecule has 0 aliphatic carbocycles. The number of nitrogens with one attached hydrogen (secondary N) is 1. The molecule has 1 N–H and O–H groups in total. The summed E-state index contributed by atoms with van der Waals surface area (Å²) < 4.78 is 4.59. The molecule has 0 spiro atoms. The summed E-state index contributed by atoms with van der Waals surface area (Å²) in [6.07, 6.45) is -0.140. The van der Waals surface area contributed by atoms with Crippen LogP contribution in [0.25, 0.3) is 0 Å². The van der Waals surface area contributed by atoms with E-state index in [4.69, 9.17) is 17.0 Å². The van der Waals surface area contributed by atoms with Crippen LogP contribution >= 0.6 is 21.2 Å². The Morgan fingerprint density at radius 1 is 2.00 bits per heavy atom. The Labute approximate surface area is 55.4 Å². The molecule has 0 heterocycles. The molecule has 2 atom stereocenters. The highest BCUT2D eigenvalue weighted by atomic mass is 35.5. The summed E-state index contributed by atoms with van der Waals surface area (Å²) in [4.78, 5) is 2.26. The zero-order chi connectivity index (χ0) is 6.41. The zero-order valence-electron chi connectivity index (χ0n) is 4.10. The lowest BCUT2D eigenvalue weighted by atomic mass is 10.4. The molecule has 5 heteroatoms. The van der Waals surface area contributed by atoms with Gasteiger partial charge >= 0.3 is 0 Å². The fourth-order valence-electron chi connectivity index (χ4n) is 0.195. The summed E-state index contributed by atoms with van der Waals surface area (Å²) in [6.45, 7) is 0. The first-order chi connectivity index (χ1) is 3.85. The number of hydrogen-bond donors (Lipinski definition) is 1. The van der Waals surface area contributed by atoms with Crippen LogP contribution in [-0.4, -0.2) is 6.23 Å². The molecule has 0 aromatic rings. The largest absolute Gasteiger partial charge is 0.345 e. The molecule has 0 aliphatic rings. The standard InChI is InChI=1S/C3H6ClN2OP/c4-6-3(7-8)1-2-5/h3,6H,1,8H2. The van der Waals surface area contributed by atoms with Crippen molar-refractivity contribution in [3.05, 3.63) is 0 Å². The van der Waals surface area contributed by atoms with E-state index in [0.717, 1.165) is 0 Å². The van der Waals surface area contributed by atoms with Gasteiger partial charge < -0.3 is 4.52 Å². The second-order valence-corrected chi connectivity index (χ2v) is 1.59. The predicted octanol–water partition coefficient (Wildman–Crippen LogP) is 0.776. The van der Waals surface area contributed by atoms with Crippen molar-refractivity contribution in [1.82, 2.24) is 4.84 Å². The second kappa shape index (κ2) is 5.27. The van der Waals surface area contributed by atoms with Gasteiger partial charge in [0.25, 0.3) is 0 Å².